The highest BCUT2D eigenvalue weighted by Crippen LogP contribution is 2.29. The molecule has 28 nitrogen and oxygen atoms in total. The van der Waals surface area contributed by atoms with Gasteiger partial charge in [0.25, 0.3) is 0 Å². The molecule has 21 N–H and O–H groups in total. The number of ketones is 3. The first-order valence-electron chi connectivity index (χ1n) is 39.9. The van der Waals surface area contributed by atoms with Gasteiger partial charge >= 0.3 is 6.18 Å². The van der Waals surface area contributed by atoms with Gasteiger partial charge in [-0.3, -0.25) is 48.1 Å². The maximum atomic E-state index is 13.3. The molecule has 0 spiro atoms. The summed E-state index contributed by atoms with van der Waals surface area (Å²) in [5.41, 5.74) is 57.1. The molecule has 5 aromatic carbocycles. The van der Waals surface area contributed by atoms with Crippen LogP contribution < -0.4 is 77.0 Å². The van der Waals surface area contributed by atoms with Gasteiger partial charge in [0.15, 0.2) is 17.3 Å². The van der Waals surface area contributed by atoms with Gasteiger partial charge in [0.05, 0.1) is 87.3 Å². The summed E-state index contributed by atoms with van der Waals surface area (Å²) in [6, 6.07) is 38.9. The standard InChI is InChI=1S/C31H45N5O5.C29H41N5O4.C25H33F3N6O3/c32-16-18-36(19-17-33)30(38)22-27(34)31(39)35-28(12-8-23-4-2-1-3-5-23)29(37)13-9-24-6-10-25(11-7-24)41-26-14-20-40-21-15-26;30-14-16-34(17-15-31)28(36)20-24(32)29(37)33-25(11-8-21-5-2-1-3-6-21)26(35)12-9-22-10-13-27-23(19-22)7-4-18-38-27;26-25(27,28)18-7-8-19(32-16-18)14-22(35)21(9-6-17-4-2-1-3-5-17)33-24(37)20(31)15-23(36)34(12-10-29)13-11-30/h1-7,10-11,26-28H,8-9,12-22,32-34H2,(H,35,39);1-3,5-6,10,13,19,24-25H,4,7-9,11-12,14-18,20,30-32H2,(H,33,37);1-5,7-8,16,20-21H,6,9-15,29-31H2,(H,33,37)/t27-,28-;24-,25-;20-,21-/m000/s1. The van der Waals surface area contributed by atoms with E-state index in [1.807, 2.05) is 127 Å². The first kappa shape index (κ1) is 94.9. The number of amides is 6. The lowest BCUT2D eigenvalue weighted by atomic mass is 9.96. The molecule has 1 saturated heterocycles. The lowest BCUT2D eigenvalue weighted by Crippen LogP contribution is -2.51. The lowest BCUT2D eigenvalue weighted by Gasteiger charge is -2.24. The Labute approximate surface area is 677 Å². The number of halogens is 3. The molecule has 3 heterocycles. The molecule has 116 heavy (non-hydrogen) atoms. The molecule has 0 radical (unpaired) electrons. The van der Waals surface area contributed by atoms with E-state index in [-0.39, 0.29) is 125 Å². The van der Waals surface area contributed by atoms with Gasteiger partial charge in [-0.15, -0.1) is 0 Å². The Balaban J connectivity index is 0.000000271. The third-order valence-corrected chi connectivity index (χ3v) is 19.7. The molecule has 0 bridgehead atoms. The summed E-state index contributed by atoms with van der Waals surface area (Å²) in [6.45, 7) is 5.67. The number of carbonyl (C=O) groups excluding carboxylic acids is 9. The molecule has 31 heteroatoms. The van der Waals surface area contributed by atoms with Crippen molar-refractivity contribution in [2.45, 2.75) is 164 Å². The first-order chi connectivity index (χ1) is 55.8. The average molecular weight is 1610 g/mol. The maximum absolute atomic E-state index is 13.3. The number of fused-ring (bicyclic) bond motifs is 1. The van der Waals surface area contributed by atoms with Crippen LogP contribution in [-0.4, -0.2) is 213 Å². The molecule has 6 atom stereocenters. The Bertz CT molecular complexity index is 3950. The quantitative estimate of drug-likeness (QED) is 0.0261. The average Bonchev–Trinajstić information content (AvgIpc) is 0.844. The number of carbonyl (C=O) groups is 9. The van der Waals surface area contributed by atoms with Crippen molar-refractivity contribution in [2.75, 3.05) is 98.4 Å². The van der Waals surface area contributed by atoms with Crippen LogP contribution in [0.15, 0.2) is 152 Å². The van der Waals surface area contributed by atoms with Crippen molar-refractivity contribution in [3.63, 3.8) is 0 Å². The molecular weight excluding hydrogens is 1490 g/mol. The van der Waals surface area contributed by atoms with Crippen LogP contribution in [-0.2, 0) is 99.0 Å². The van der Waals surface area contributed by atoms with Crippen LogP contribution in [0.1, 0.15) is 115 Å². The molecule has 2 aliphatic rings. The fraction of sp³-hybridized carbons (Fsp3) is 0.482. The number of Topliss-reactive ketones (excluding diaryl/α,β-unsaturated/α-hetero) is 3. The lowest BCUT2D eigenvalue weighted by molar-refractivity contribution is -0.138. The van der Waals surface area contributed by atoms with Crippen LogP contribution in [0.3, 0.4) is 0 Å². The predicted octanol–water partition coefficient (Wildman–Crippen LogP) is 3.21. The number of nitrogens with zero attached hydrogens (tertiary/aromatic N) is 4. The second kappa shape index (κ2) is 51.9. The third kappa shape index (κ3) is 34.5. The number of benzene rings is 5. The maximum Gasteiger partial charge on any atom is 0.417 e. The van der Waals surface area contributed by atoms with E-state index in [0.29, 0.717) is 90.4 Å². The number of hydrogen-bond acceptors (Lipinski definition) is 22. The van der Waals surface area contributed by atoms with E-state index in [2.05, 4.69) is 27.0 Å². The van der Waals surface area contributed by atoms with Crippen molar-refractivity contribution < 1.29 is 70.5 Å². The minimum atomic E-state index is -4.54. The normalized spacial score (nSPS) is 14.1. The number of nitrogens with two attached hydrogens (primary N) is 9. The highest BCUT2D eigenvalue weighted by atomic mass is 19.4. The van der Waals surface area contributed by atoms with Crippen LogP contribution in [0.4, 0.5) is 13.2 Å². The zero-order valence-corrected chi connectivity index (χ0v) is 66.3. The summed E-state index contributed by atoms with van der Waals surface area (Å²) in [5, 5.41) is 8.26. The van der Waals surface area contributed by atoms with Crippen molar-refractivity contribution in [3.8, 4) is 11.5 Å². The summed E-state index contributed by atoms with van der Waals surface area (Å²) in [5.74, 6) is -1.57. The summed E-state index contributed by atoms with van der Waals surface area (Å²) in [4.78, 5) is 124. The Kier molecular flexibility index (Phi) is 42.5. The minimum Gasteiger partial charge on any atom is -0.493 e. The van der Waals surface area contributed by atoms with E-state index in [1.54, 1.807) is 0 Å². The van der Waals surface area contributed by atoms with E-state index in [4.69, 9.17) is 65.8 Å². The van der Waals surface area contributed by atoms with Crippen molar-refractivity contribution in [2.24, 2.45) is 51.6 Å². The zero-order valence-electron chi connectivity index (χ0n) is 66.3. The van der Waals surface area contributed by atoms with Gasteiger partial charge in [-0.1, -0.05) is 115 Å². The Morgan fingerprint density at radius 1 is 0.466 bits per heavy atom. The summed E-state index contributed by atoms with van der Waals surface area (Å²) >= 11 is 0. The molecule has 0 unspecified atom stereocenters. The van der Waals surface area contributed by atoms with Gasteiger partial charge in [0, 0.05) is 116 Å². The molecule has 1 aromatic heterocycles. The predicted molar refractivity (Wildman–Crippen MR) is 438 cm³/mol. The molecule has 8 rings (SSSR count). The van der Waals surface area contributed by atoms with E-state index in [0.717, 1.165) is 97.0 Å². The topological polar surface area (TPSA) is 474 Å². The molecule has 0 aliphatic carbocycles. The van der Waals surface area contributed by atoms with Crippen molar-refractivity contribution in [1.29, 1.82) is 0 Å². The van der Waals surface area contributed by atoms with E-state index in [1.165, 1.54) is 20.3 Å². The number of pyridine rings is 1. The van der Waals surface area contributed by atoms with Gasteiger partial charge in [0.1, 0.15) is 17.6 Å². The van der Waals surface area contributed by atoms with Crippen LogP contribution >= 0.6 is 0 Å². The number of ether oxygens (including phenoxy) is 3. The number of alkyl halides is 3. The van der Waals surface area contributed by atoms with Gasteiger partial charge in [0.2, 0.25) is 35.4 Å². The van der Waals surface area contributed by atoms with E-state index >= 15 is 0 Å². The van der Waals surface area contributed by atoms with Crippen LogP contribution in [0.2, 0.25) is 0 Å². The number of hydrogen-bond donors (Lipinski definition) is 12. The van der Waals surface area contributed by atoms with Gasteiger partial charge in [-0.25, -0.2) is 0 Å². The molecule has 6 amide bonds. The van der Waals surface area contributed by atoms with Crippen molar-refractivity contribution in [1.82, 2.24) is 35.6 Å². The number of aryl methyl sites for hydroxylation is 6. The highest BCUT2D eigenvalue weighted by Gasteiger charge is 2.33. The summed E-state index contributed by atoms with van der Waals surface area (Å²) < 4.78 is 55.5. The number of rotatable bonds is 46. The monoisotopic (exact) mass is 1610 g/mol. The molecular formula is C85H119F3N16O12. The Morgan fingerprint density at radius 2 is 0.845 bits per heavy atom. The minimum absolute atomic E-state index is 0.0605. The molecule has 6 aromatic rings. The molecule has 0 saturated carbocycles. The Hall–Kier alpha value is -9.93. The fourth-order valence-electron chi connectivity index (χ4n) is 13.1. The second-order valence-electron chi connectivity index (χ2n) is 28.6. The molecule has 1 fully saturated rings. The molecule has 2 aliphatic heterocycles. The number of aromatic nitrogens is 1. The van der Waals surface area contributed by atoms with Gasteiger partial charge in [-0.2, -0.15) is 13.2 Å². The van der Waals surface area contributed by atoms with E-state index in [9.17, 15) is 56.3 Å². The number of nitrogens with one attached hydrogen (secondary N) is 3. The second-order valence-corrected chi connectivity index (χ2v) is 28.6. The largest absolute Gasteiger partial charge is 0.493 e. The van der Waals surface area contributed by atoms with Crippen molar-refractivity contribution >= 4 is 52.8 Å². The zero-order chi connectivity index (χ0) is 84.2. The Morgan fingerprint density at radius 3 is 1.22 bits per heavy atom. The highest BCUT2D eigenvalue weighted by molar-refractivity contribution is 5.95. The molecule has 632 valence electrons. The fourth-order valence-corrected chi connectivity index (χ4v) is 13.1. The van der Waals surface area contributed by atoms with E-state index < -0.39 is 71.5 Å². The van der Waals surface area contributed by atoms with Crippen LogP contribution in [0, 0.1) is 0 Å². The van der Waals surface area contributed by atoms with Gasteiger partial charge < -0.3 is 96.5 Å². The first-order valence-corrected chi connectivity index (χ1v) is 39.9. The third-order valence-electron chi connectivity index (χ3n) is 19.7. The van der Waals surface area contributed by atoms with Gasteiger partial charge in [-0.05, 0) is 128 Å². The SMILES string of the molecule is NCCN(CCN)C(=O)C[C@H](N)C(=O)N[C@@H](CCc1ccccc1)C(=O)CCc1ccc(OC2CCOCC2)cc1.NCCN(CCN)C(=O)C[C@H](N)C(=O)N[C@@H](CCc1ccccc1)C(=O)CCc1ccc2c(c1)CCCO2.NCCN(CCN)C(=O)C[C@H](N)C(=O)N[C@@H](CCc1ccccc1)C(=O)Cc1ccc(C(F)(F)F)cn1. The van der Waals surface area contributed by atoms with Crippen LogP contribution in [0.5, 0.6) is 11.5 Å². The van der Waals surface area contributed by atoms with Crippen molar-refractivity contribution in [3.05, 3.63) is 196 Å². The summed E-state index contributed by atoms with van der Waals surface area (Å²) in [7, 11) is 0. The van der Waals surface area contributed by atoms with Crippen LogP contribution in [0.25, 0.3) is 0 Å². The summed E-state index contributed by atoms with van der Waals surface area (Å²) in [6.07, 6.45) is 3.49. The smallest absolute Gasteiger partial charge is 0.417 e.